The van der Waals surface area contributed by atoms with Crippen molar-refractivity contribution < 1.29 is 4.39 Å². The molecule has 23 heavy (non-hydrogen) atoms. The molecule has 0 unspecified atom stereocenters. The lowest BCUT2D eigenvalue weighted by Crippen LogP contribution is -2.29. The molecule has 0 aliphatic heterocycles. The fourth-order valence-electron chi connectivity index (χ4n) is 3.02. The minimum atomic E-state index is -0.523. The van der Waals surface area contributed by atoms with Crippen molar-refractivity contribution in [3.63, 3.8) is 0 Å². The molecule has 1 fully saturated rings. The van der Waals surface area contributed by atoms with Gasteiger partial charge < -0.3 is 11.1 Å². The standard InChI is InChI=1S/C17H20ClFN4/c18-14-10-21-17(22-12-6-4-11(9-20)5-7-12)8-13(14)15-2-1-3-16(19)23-15/h1-3,8,10-12H,4-7,9,20H2,(H,21,22)/t11-,12-. The van der Waals surface area contributed by atoms with Gasteiger partial charge in [0.25, 0.3) is 0 Å². The summed E-state index contributed by atoms with van der Waals surface area (Å²) in [5, 5.41) is 3.90. The minimum Gasteiger partial charge on any atom is -0.367 e. The molecule has 2 heterocycles. The van der Waals surface area contributed by atoms with Gasteiger partial charge in [-0.2, -0.15) is 4.39 Å². The van der Waals surface area contributed by atoms with Gasteiger partial charge in [0.2, 0.25) is 5.95 Å². The Morgan fingerprint density at radius 1 is 1.26 bits per heavy atom. The van der Waals surface area contributed by atoms with Gasteiger partial charge in [-0.15, -0.1) is 0 Å². The largest absolute Gasteiger partial charge is 0.367 e. The Kier molecular flexibility index (Phi) is 5.08. The molecule has 0 saturated heterocycles. The molecular formula is C17H20ClFN4. The molecule has 3 rings (SSSR count). The van der Waals surface area contributed by atoms with Gasteiger partial charge in [0.15, 0.2) is 0 Å². The summed E-state index contributed by atoms with van der Waals surface area (Å²) in [5.74, 6) is 0.856. The van der Waals surface area contributed by atoms with Gasteiger partial charge in [0.1, 0.15) is 5.82 Å². The summed E-state index contributed by atoms with van der Waals surface area (Å²) in [7, 11) is 0. The van der Waals surface area contributed by atoms with Gasteiger partial charge >= 0.3 is 0 Å². The normalized spacial score (nSPS) is 21.2. The van der Waals surface area contributed by atoms with Crippen molar-refractivity contribution in [3.8, 4) is 11.3 Å². The number of halogens is 2. The first-order chi connectivity index (χ1) is 11.2. The van der Waals surface area contributed by atoms with Gasteiger partial charge in [-0.1, -0.05) is 17.7 Å². The number of aromatic nitrogens is 2. The third kappa shape index (κ3) is 3.98. The van der Waals surface area contributed by atoms with Gasteiger partial charge in [0.05, 0.1) is 10.7 Å². The SMILES string of the molecule is NC[C@H]1CC[C@H](Nc2cc(-c3cccc(F)n3)c(Cl)cn2)CC1. The molecule has 3 N–H and O–H groups in total. The fraction of sp³-hybridized carbons (Fsp3) is 0.412. The highest BCUT2D eigenvalue weighted by Gasteiger charge is 2.20. The maximum atomic E-state index is 13.3. The van der Waals surface area contributed by atoms with Crippen molar-refractivity contribution in [2.24, 2.45) is 11.7 Å². The van der Waals surface area contributed by atoms with Crippen LogP contribution in [0.4, 0.5) is 10.2 Å². The van der Waals surface area contributed by atoms with Crippen LogP contribution in [-0.2, 0) is 0 Å². The second kappa shape index (κ2) is 7.23. The summed E-state index contributed by atoms with van der Waals surface area (Å²) < 4.78 is 13.3. The van der Waals surface area contributed by atoms with E-state index in [4.69, 9.17) is 17.3 Å². The molecule has 0 radical (unpaired) electrons. The van der Waals surface area contributed by atoms with Crippen molar-refractivity contribution in [2.45, 2.75) is 31.7 Å². The second-order valence-electron chi connectivity index (χ2n) is 5.99. The summed E-state index contributed by atoms with van der Waals surface area (Å²) in [5.41, 5.74) is 6.92. The number of nitrogens with two attached hydrogens (primary N) is 1. The summed E-state index contributed by atoms with van der Waals surface area (Å²) in [6, 6.07) is 6.89. The topological polar surface area (TPSA) is 63.8 Å². The highest BCUT2D eigenvalue weighted by Crippen LogP contribution is 2.30. The van der Waals surface area contributed by atoms with Crippen LogP contribution in [0.3, 0.4) is 0 Å². The summed E-state index contributed by atoms with van der Waals surface area (Å²) >= 11 is 6.20. The molecule has 0 bridgehead atoms. The van der Waals surface area contributed by atoms with Crippen LogP contribution in [0.25, 0.3) is 11.3 Å². The number of nitrogens with one attached hydrogen (secondary N) is 1. The Morgan fingerprint density at radius 3 is 2.74 bits per heavy atom. The number of hydrogen-bond donors (Lipinski definition) is 2. The van der Waals surface area contributed by atoms with Crippen molar-refractivity contribution in [1.29, 1.82) is 0 Å². The van der Waals surface area contributed by atoms with Gasteiger partial charge in [-0.05, 0) is 56.3 Å². The number of nitrogens with zero attached hydrogens (tertiary/aromatic N) is 2. The summed E-state index contributed by atoms with van der Waals surface area (Å²) in [4.78, 5) is 8.22. The lowest BCUT2D eigenvalue weighted by Gasteiger charge is -2.28. The van der Waals surface area contributed by atoms with Crippen molar-refractivity contribution in [2.75, 3.05) is 11.9 Å². The van der Waals surface area contributed by atoms with E-state index in [0.29, 0.717) is 28.2 Å². The average molecular weight is 335 g/mol. The lowest BCUT2D eigenvalue weighted by molar-refractivity contribution is 0.344. The van der Waals surface area contributed by atoms with E-state index >= 15 is 0 Å². The zero-order valence-corrected chi connectivity index (χ0v) is 13.6. The monoisotopic (exact) mass is 334 g/mol. The molecule has 2 aromatic rings. The van der Waals surface area contributed by atoms with Crippen LogP contribution in [0.15, 0.2) is 30.5 Å². The first-order valence-corrected chi connectivity index (χ1v) is 8.28. The second-order valence-corrected chi connectivity index (χ2v) is 6.40. The van der Waals surface area contributed by atoms with Crippen molar-refractivity contribution in [3.05, 3.63) is 41.4 Å². The Morgan fingerprint density at radius 2 is 2.04 bits per heavy atom. The maximum Gasteiger partial charge on any atom is 0.213 e. The molecule has 122 valence electrons. The van der Waals surface area contributed by atoms with E-state index in [-0.39, 0.29) is 0 Å². The Labute approximate surface area is 140 Å². The molecule has 0 atom stereocenters. The maximum absolute atomic E-state index is 13.3. The van der Waals surface area contributed by atoms with Crippen molar-refractivity contribution in [1.82, 2.24) is 9.97 Å². The highest BCUT2D eigenvalue weighted by molar-refractivity contribution is 6.33. The van der Waals surface area contributed by atoms with Gasteiger partial charge in [0, 0.05) is 17.8 Å². The van der Waals surface area contributed by atoms with Crippen LogP contribution in [-0.4, -0.2) is 22.6 Å². The molecule has 1 saturated carbocycles. The average Bonchev–Trinajstić information content (AvgIpc) is 2.57. The molecule has 6 heteroatoms. The van der Waals surface area contributed by atoms with E-state index in [2.05, 4.69) is 15.3 Å². The van der Waals surface area contributed by atoms with Crippen LogP contribution in [0.5, 0.6) is 0 Å². The van der Waals surface area contributed by atoms with E-state index in [1.165, 1.54) is 6.07 Å². The van der Waals surface area contributed by atoms with Crippen LogP contribution < -0.4 is 11.1 Å². The first-order valence-electron chi connectivity index (χ1n) is 7.91. The Bertz CT molecular complexity index is 671. The number of hydrogen-bond acceptors (Lipinski definition) is 4. The molecule has 4 nitrogen and oxygen atoms in total. The zero-order valence-electron chi connectivity index (χ0n) is 12.8. The molecular weight excluding hydrogens is 315 g/mol. The number of pyridine rings is 2. The van der Waals surface area contributed by atoms with E-state index in [9.17, 15) is 4.39 Å². The molecule has 2 aromatic heterocycles. The lowest BCUT2D eigenvalue weighted by atomic mass is 9.86. The van der Waals surface area contributed by atoms with E-state index in [0.717, 1.165) is 38.0 Å². The van der Waals surface area contributed by atoms with E-state index in [1.54, 1.807) is 18.3 Å². The quantitative estimate of drug-likeness (QED) is 0.833. The van der Waals surface area contributed by atoms with Crippen LogP contribution >= 0.6 is 11.6 Å². The summed E-state index contributed by atoms with van der Waals surface area (Å²) in [6.07, 6.45) is 6.02. The molecule has 1 aliphatic carbocycles. The van der Waals surface area contributed by atoms with E-state index in [1.807, 2.05) is 6.07 Å². The van der Waals surface area contributed by atoms with Gasteiger partial charge in [-0.3, -0.25) is 0 Å². The molecule has 0 spiro atoms. The third-order valence-corrected chi connectivity index (χ3v) is 4.68. The van der Waals surface area contributed by atoms with Crippen molar-refractivity contribution >= 4 is 17.4 Å². The highest BCUT2D eigenvalue weighted by atomic mass is 35.5. The fourth-order valence-corrected chi connectivity index (χ4v) is 3.22. The summed E-state index contributed by atoms with van der Waals surface area (Å²) in [6.45, 7) is 0.765. The van der Waals surface area contributed by atoms with E-state index < -0.39 is 5.95 Å². The molecule has 1 aliphatic rings. The first kappa shape index (κ1) is 16.1. The minimum absolute atomic E-state index is 0.389. The smallest absolute Gasteiger partial charge is 0.213 e. The molecule has 0 amide bonds. The predicted molar refractivity (Wildman–Crippen MR) is 90.9 cm³/mol. The van der Waals surface area contributed by atoms with Crippen LogP contribution in [0.2, 0.25) is 5.02 Å². The Balaban J connectivity index is 1.76. The zero-order chi connectivity index (χ0) is 16.2. The van der Waals surface area contributed by atoms with Crippen LogP contribution in [0, 0.1) is 11.9 Å². The predicted octanol–water partition coefficient (Wildman–Crippen LogP) is 3.87. The number of rotatable bonds is 4. The van der Waals surface area contributed by atoms with Gasteiger partial charge in [-0.25, -0.2) is 9.97 Å². The van der Waals surface area contributed by atoms with Crippen LogP contribution in [0.1, 0.15) is 25.7 Å². The third-order valence-electron chi connectivity index (χ3n) is 4.38. The Hall–Kier alpha value is -1.72. The molecule has 0 aromatic carbocycles. The number of anilines is 1.